The van der Waals surface area contributed by atoms with Crippen LogP contribution in [0.1, 0.15) is 167 Å². The van der Waals surface area contributed by atoms with Gasteiger partial charge in [0.2, 0.25) is 0 Å². The molecule has 2 saturated heterocycles. The third-order valence-electron chi connectivity index (χ3n) is 25.4. The molecule has 10 fully saturated rings. The molecule has 5 N–H and O–H groups in total. The number of carbonyl (C=O) groups excluding carboxylic acids is 3. The van der Waals surface area contributed by atoms with Crippen LogP contribution in [0.15, 0.2) is 53.6 Å². The van der Waals surface area contributed by atoms with Crippen molar-refractivity contribution < 1.29 is 108 Å². The summed E-state index contributed by atoms with van der Waals surface area (Å²) in [7, 11) is 0.750. The maximum Gasteiger partial charge on any atom is 1.00 e. The fourth-order valence-corrected chi connectivity index (χ4v) is 20.3. The molecule has 8 saturated carbocycles. The quantitative estimate of drug-likeness (QED) is 0.104. The van der Waals surface area contributed by atoms with E-state index in [4.69, 9.17) is 38.3 Å². The Bertz CT molecular complexity index is 2560. The molecule has 12 aliphatic rings. The van der Waals surface area contributed by atoms with Crippen molar-refractivity contribution in [2.45, 2.75) is 218 Å². The van der Waals surface area contributed by atoms with E-state index in [1.807, 2.05) is 30.4 Å². The molecule has 1 aromatic carbocycles. The monoisotopic (exact) mass is 1170 g/mol. The average Bonchev–Trinajstić information content (AvgIpc) is 2.43. The number of cyclic esters (lactones) is 2. The van der Waals surface area contributed by atoms with Crippen LogP contribution in [0.5, 0.6) is 0 Å². The first-order valence-corrected chi connectivity index (χ1v) is 31.6. The second kappa shape index (κ2) is 24.6. The number of rotatable bonds is 8. The summed E-state index contributed by atoms with van der Waals surface area (Å²) in [6, 6.07) is 9.15. The van der Waals surface area contributed by atoms with Gasteiger partial charge in [0.1, 0.15) is 31.5 Å². The fourth-order valence-electron chi connectivity index (χ4n) is 20.3. The van der Waals surface area contributed by atoms with E-state index in [-0.39, 0.29) is 123 Å². The molecule has 83 heavy (non-hydrogen) atoms. The van der Waals surface area contributed by atoms with Gasteiger partial charge in [0, 0.05) is 27.9 Å². The van der Waals surface area contributed by atoms with Crippen LogP contribution in [0.4, 0.5) is 0 Å². The first kappa shape index (κ1) is 63.7. The van der Waals surface area contributed by atoms with Gasteiger partial charge in [-0.15, -0.1) is 0 Å². The Kier molecular flexibility index (Phi) is 18.9. The summed E-state index contributed by atoms with van der Waals surface area (Å²) in [5.74, 6) is 2.22. The predicted molar refractivity (Wildman–Crippen MR) is 299 cm³/mol. The van der Waals surface area contributed by atoms with E-state index in [0.29, 0.717) is 49.1 Å². The molecular formula is C66H95NaO16. The van der Waals surface area contributed by atoms with Gasteiger partial charge in [0.15, 0.2) is 18.7 Å². The number of benzene rings is 1. The zero-order valence-electron chi connectivity index (χ0n) is 50.7. The summed E-state index contributed by atoms with van der Waals surface area (Å²) in [5, 5.41) is 63.2. The number of fused-ring (bicyclic) bond motifs is 10. The number of hydrogen-bond donors (Lipinski definition) is 5. The molecule has 1 aromatic rings. The van der Waals surface area contributed by atoms with Crippen molar-refractivity contribution >= 4 is 17.9 Å². The van der Waals surface area contributed by atoms with E-state index in [0.717, 1.165) is 134 Å². The van der Waals surface area contributed by atoms with Gasteiger partial charge in [-0.05, 0) is 204 Å². The Hall–Kier alpha value is -2.29. The van der Waals surface area contributed by atoms with Crippen molar-refractivity contribution in [3.05, 3.63) is 59.2 Å². The zero-order valence-corrected chi connectivity index (χ0v) is 52.7. The van der Waals surface area contributed by atoms with Crippen LogP contribution in [-0.4, -0.2) is 137 Å². The minimum absolute atomic E-state index is 0. The van der Waals surface area contributed by atoms with Gasteiger partial charge >= 0.3 is 47.5 Å². The molecular weight excluding hydrogens is 1070 g/mol. The van der Waals surface area contributed by atoms with Gasteiger partial charge in [-0.2, -0.15) is 7.11 Å². The minimum atomic E-state index is -1.26. The van der Waals surface area contributed by atoms with Gasteiger partial charge in [-0.25, -0.2) is 14.4 Å². The normalized spacial score (nSPS) is 48.6. The molecule has 16 nitrogen and oxygen atoms in total. The van der Waals surface area contributed by atoms with Gasteiger partial charge < -0.3 is 63.8 Å². The first-order valence-electron chi connectivity index (χ1n) is 31.6. The number of aliphatic hydroxyl groups excluding tert-OH is 3. The van der Waals surface area contributed by atoms with E-state index in [1.165, 1.54) is 0 Å². The molecule has 0 amide bonds. The van der Waals surface area contributed by atoms with Crippen molar-refractivity contribution in [2.24, 2.45) is 80.8 Å². The van der Waals surface area contributed by atoms with E-state index in [2.05, 4.69) is 41.5 Å². The van der Waals surface area contributed by atoms with Gasteiger partial charge in [0.05, 0.1) is 42.2 Å². The third kappa shape index (κ3) is 10.7. The summed E-state index contributed by atoms with van der Waals surface area (Å²) >= 11 is 0. The van der Waals surface area contributed by atoms with Crippen molar-refractivity contribution in [3.8, 4) is 0 Å². The smallest absolute Gasteiger partial charge is 0.857 e. The van der Waals surface area contributed by atoms with Crippen LogP contribution in [0.3, 0.4) is 0 Å². The van der Waals surface area contributed by atoms with Gasteiger partial charge in [0.25, 0.3) is 0 Å². The molecule has 456 valence electrons. The number of carbonyl (C=O) groups is 3. The summed E-state index contributed by atoms with van der Waals surface area (Å²) in [6.45, 7) is 14.9. The molecule has 4 aliphatic heterocycles. The Morgan fingerprint density at radius 1 is 0.590 bits per heavy atom. The summed E-state index contributed by atoms with van der Waals surface area (Å²) < 4.78 is 41.2. The van der Waals surface area contributed by atoms with Crippen LogP contribution >= 0.6 is 0 Å². The average molecular weight is 1170 g/mol. The Balaban J connectivity index is 0.000000181. The minimum Gasteiger partial charge on any atom is -0.857 e. The van der Waals surface area contributed by atoms with Crippen LogP contribution in [0.25, 0.3) is 0 Å². The molecule has 17 heteroatoms. The largest absolute Gasteiger partial charge is 1.00 e. The van der Waals surface area contributed by atoms with Crippen LogP contribution in [-0.2, 0) is 42.7 Å². The molecule has 0 aromatic heterocycles. The summed E-state index contributed by atoms with van der Waals surface area (Å²) in [5.41, 5.74) is 0.309. The van der Waals surface area contributed by atoms with E-state index < -0.39 is 48.2 Å². The van der Waals surface area contributed by atoms with Crippen LogP contribution in [0, 0.1) is 80.8 Å². The molecule has 0 bridgehead atoms. The standard InChI is InChI=1S/C37H50O7.C28H42O8.CH3O.Na/c1-22-21-42-34(31(23(22)2)44-32(38)24-8-6-5-7-9-24)43-26-12-16-35(3)25(20-26)10-11-30-29(35)13-17-36(4)28(14-18-37(30,36)40)27-15-19-41-33(27)39;1-26-9-5-16(36-25-23(31)22(30)21(29)14-35-25)13-15(26)3-4-20-19(26)6-10-27(2)18(7-11-28(20,27)33)17-8-12-34-24(17)32;1-2;/h5-9,15,22-23,25-26,28-31,34,40H,10-14,16-21H2,1-4H3;8,15-16,18-23,25,29-31,33H,3-7,9-14H2,1-2H3;1H3;/q;;-1;+1/t22-,23+,25+,26-,28+,29?,30?,31-,34?,35-,36+,37-;15-,16+,18-,19?,20?,21+,22-,23+,25?,26+,27-,28+;;/m01../s1. The first-order chi connectivity index (χ1) is 39.1. The van der Waals surface area contributed by atoms with Crippen molar-refractivity contribution in [1.29, 1.82) is 0 Å². The Morgan fingerprint density at radius 3 is 1.55 bits per heavy atom. The number of ether oxygens (including phenoxy) is 7. The molecule has 4 heterocycles. The molecule has 24 atom stereocenters. The third-order valence-corrected chi connectivity index (χ3v) is 25.4. The van der Waals surface area contributed by atoms with Crippen molar-refractivity contribution in [3.63, 3.8) is 0 Å². The number of esters is 3. The summed E-state index contributed by atoms with van der Waals surface area (Å²) in [6.07, 6.45) is 15.4. The van der Waals surface area contributed by atoms with Crippen LogP contribution < -0.4 is 34.7 Å². The Morgan fingerprint density at radius 2 is 1.07 bits per heavy atom. The Labute approximate surface area is 513 Å². The molecule has 6 unspecified atom stereocenters. The molecule has 13 rings (SSSR count). The molecule has 8 aliphatic carbocycles. The predicted octanol–water partition coefficient (Wildman–Crippen LogP) is 4.53. The fraction of sp³-hybridized carbons (Fsp3) is 0.803. The second-order valence-electron chi connectivity index (χ2n) is 28.5. The molecule has 0 radical (unpaired) electrons. The van der Waals surface area contributed by atoms with Crippen molar-refractivity contribution in [2.75, 3.05) is 33.5 Å². The van der Waals surface area contributed by atoms with Crippen molar-refractivity contribution in [1.82, 2.24) is 0 Å². The SMILES string of the molecule is C[C@H]1[C@H](OC(=O)c2ccccc2)C(O[C@H]2CC[C@]3(C)C4CC[C@]5(C)[C@@H](C6=CCOC6=O)CC[C@]5(O)C4CC[C@@H]3C2)OC[C@@H]1C.C[C@]12CC[C@H](OC3OC[C@H](O)[C@@H](O)[C@@H]3O)C[C@H]1CCC1C2CC[C@]2(C)[C@@H](C3=CCOC3=O)CC[C@]12O.C[O-].[Na+]. The van der Waals surface area contributed by atoms with E-state index in [9.17, 15) is 39.9 Å². The topological polar surface area (TPSA) is 240 Å². The van der Waals surface area contributed by atoms with Crippen LogP contribution in [0.2, 0.25) is 0 Å². The van der Waals surface area contributed by atoms with E-state index >= 15 is 0 Å². The van der Waals surface area contributed by atoms with Gasteiger partial charge in [-0.1, -0.05) is 59.7 Å². The van der Waals surface area contributed by atoms with E-state index in [1.54, 1.807) is 12.1 Å². The zero-order chi connectivity index (χ0) is 58.3. The maximum absolute atomic E-state index is 13.0. The van der Waals surface area contributed by atoms with Gasteiger partial charge in [-0.3, -0.25) is 0 Å². The number of hydrogen-bond acceptors (Lipinski definition) is 16. The molecule has 0 spiro atoms. The number of aliphatic hydroxyl groups is 5. The second-order valence-corrected chi connectivity index (χ2v) is 28.5. The summed E-state index contributed by atoms with van der Waals surface area (Å²) in [4.78, 5) is 38.0. The maximum atomic E-state index is 13.0.